The van der Waals surface area contributed by atoms with Crippen molar-refractivity contribution in [3.63, 3.8) is 0 Å². The lowest BCUT2D eigenvalue weighted by Crippen LogP contribution is -2.39. The molecule has 130 valence electrons. The van der Waals surface area contributed by atoms with E-state index >= 15 is 0 Å². The summed E-state index contributed by atoms with van der Waals surface area (Å²) in [7, 11) is 0. The second kappa shape index (κ2) is 7.62. The maximum absolute atomic E-state index is 12.3. The largest absolute Gasteiger partial charge is 0.348 e. The third-order valence-corrected chi connectivity index (χ3v) is 5.10. The molecule has 0 atom stereocenters. The van der Waals surface area contributed by atoms with Crippen LogP contribution in [-0.2, 0) is 0 Å². The highest BCUT2D eigenvalue weighted by atomic mass is 35.5. The highest BCUT2D eigenvalue weighted by Gasteiger charge is 2.28. The van der Waals surface area contributed by atoms with Gasteiger partial charge in [0, 0.05) is 6.04 Å². The minimum Gasteiger partial charge on any atom is -0.348 e. The van der Waals surface area contributed by atoms with Crippen LogP contribution in [0.5, 0.6) is 0 Å². The van der Waals surface area contributed by atoms with Crippen LogP contribution in [0.2, 0.25) is 0 Å². The van der Waals surface area contributed by atoms with Crippen molar-refractivity contribution >= 4 is 18.3 Å². The van der Waals surface area contributed by atoms with Gasteiger partial charge >= 0.3 is 0 Å². The monoisotopic (exact) mass is 341 g/mol. The van der Waals surface area contributed by atoms with Gasteiger partial charge in [-0.1, -0.05) is 19.1 Å². The number of hydrogen-bond acceptors (Lipinski definition) is 4. The van der Waals surface area contributed by atoms with Crippen molar-refractivity contribution in [2.75, 3.05) is 13.1 Å². The Kier molecular flexibility index (Phi) is 6.03. The summed E-state index contributed by atoms with van der Waals surface area (Å²) in [6, 6.07) is 0.648. The van der Waals surface area contributed by atoms with Crippen LogP contribution in [-0.4, -0.2) is 40.0 Å². The van der Waals surface area contributed by atoms with Crippen molar-refractivity contribution in [3.8, 4) is 0 Å². The summed E-state index contributed by atoms with van der Waals surface area (Å²) < 4.78 is 1.86. The van der Waals surface area contributed by atoms with Crippen LogP contribution in [0.4, 0.5) is 0 Å². The lowest BCUT2D eigenvalue weighted by Gasteiger charge is -2.34. The van der Waals surface area contributed by atoms with E-state index in [4.69, 9.17) is 0 Å². The van der Waals surface area contributed by atoms with Gasteiger partial charge in [0.1, 0.15) is 0 Å². The topological polar surface area (TPSA) is 71.8 Å². The van der Waals surface area contributed by atoms with Crippen molar-refractivity contribution < 1.29 is 4.79 Å². The maximum atomic E-state index is 12.3. The lowest BCUT2D eigenvalue weighted by molar-refractivity contribution is 0.0904. The normalized spacial score (nSPS) is 22.3. The number of nitrogens with one attached hydrogen (secondary N) is 2. The number of amides is 1. The zero-order chi connectivity index (χ0) is 15.6. The molecule has 0 unspecified atom stereocenters. The number of piperidine rings is 1. The van der Waals surface area contributed by atoms with Gasteiger partial charge in [-0.15, -0.1) is 17.5 Å². The first-order chi connectivity index (χ1) is 10.5. The van der Waals surface area contributed by atoms with E-state index in [0.29, 0.717) is 17.2 Å². The third-order valence-electron chi connectivity index (χ3n) is 5.10. The molecule has 2 N–H and O–H groups in total. The Balaban J connectivity index is 0.00000192. The van der Waals surface area contributed by atoms with Crippen LogP contribution in [0.3, 0.4) is 0 Å². The van der Waals surface area contributed by atoms with E-state index in [1.165, 1.54) is 12.8 Å². The Morgan fingerprint density at radius 2 is 1.91 bits per heavy atom. The summed E-state index contributed by atoms with van der Waals surface area (Å²) in [5.74, 6) is -0.0788. The summed E-state index contributed by atoms with van der Waals surface area (Å²) in [5.41, 5.74) is 0.864. The van der Waals surface area contributed by atoms with Crippen LogP contribution in [0.15, 0.2) is 6.20 Å². The average Bonchev–Trinajstić information content (AvgIpc) is 3.00. The van der Waals surface area contributed by atoms with E-state index in [9.17, 15) is 4.79 Å². The van der Waals surface area contributed by atoms with Crippen molar-refractivity contribution in [2.45, 2.75) is 64.5 Å². The third kappa shape index (κ3) is 4.67. The second-order valence-electron chi connectivity index (χ2n) is 7.48. The maximum Gasteiger partial charge on any atom is 0.273 e. The van der Waals surface area contributed by atoms with Crippen LogP contribution in [0.1, 0.15) is 68.9 Å². The number of carbonyl (C=O) groups is 1. The van der Waals surface area contributed by atoms with Crippen molar-refractivity contribution in [3.05, 3.63) is 11.9 Å². The highest BCUT2D eigenvalue weighted by Crippen LogP contribution is 2.35. The van der Waals surface area contributed by atoms with Gasteiger partial charge in [0.15, 0.2) is 5.69 Å². The highest BCUT2D eigenvalue weighted by molar-refractivity contribution is 5.92. The van der Waals surface area contributed by atoms with E-state index in [1.54, 1.807) is 6.20 Å². The van der Waals surface area contributed by atoms with E-state index in [-0.39, 0.29) is 24.4 Å². The summed E-state index contributed by atoms with van der Waals surface area (Å²) in [4.78, 5) is 12.3. The second-order valence-corrected chi connectivity index (χ2v) is 7.48. The molecule has 0 spiro atoms. The van der Waals surface area contributed by atoms with E-state index in [2.05, 4.69) is 34.8 Å². The first-order valence-corrected chi connectivity index (χ1v) is 8.47. The molecule has 1 saturated carbocycles. The Labute approximate surface area is 144 Å². The summed E-state index contributed by atoms with van der Waals surface area (Å²) in [6.45, 7) is 6.61. The molecule has 1 aliphatic heterocycles. The van der Waals surface area contributed by atoms with Crippen LogP contribution in [0.25, 0.3) is 0 Å². The molecule has 2 fully saturated rings. The Bertz CT molecular complexity index is 514. The average molecular weight is 342 g/mol. The number of nitrogens with zero attached hydrogens (tertiary/aromatic N) is 3. The molecule has 2 aliphatic rings. The van der Waals surface area contributed by atoms with E-state index < -0.39 is 0 Å². The van der Waals surface area contributed by atoms with Crippen molar-refractivity contribution in [1.29, 1.82) is 0 Å². The molecule has 3 rings (SSSR count). The molecular weight excluding hydrogens is 314 g/mol. The number of carbonyl (C=O) groups excluding carboxylic acids is 1. The molecule has 1 amide bonds. The summed E-state index contributed by atoms with van der Waals surface area (Å²) >= 11 is 0. The minimum absolute atomic E-state index is 0. The lowest BCUT2D eigenvalue weighted by atomic mass is 9.75. The Morgan fingerprint density at radius 3 is 2.57 bits per heavy atom. The Hall–Kier alpha value is -1.14. The number of hydrogen-bond donors (Lipinski definition) is 2. The molecule has 1 saturated heterocycles. The summed E-state index contributed by atoms with van der Waals surface area (Å²) in [6.07, 6.45) is 8.34. The Morgan fingerprint density at radius 1 is 1.26 bits per heavy atom. The number of halogens is 1. The predicted molar refractivity (Wildman–Crippen MR) is 91.9 cm³/mol. The van der Waals surface area contributed by atoms with Crippen LogP contribution < -0.4 is 10.6 Å². The van der Waals surface area contributed by atoms with E-state index in [1.807, 2.05) is 4.68 Å². The fraction of sp³-hybridized carbons (Fsp3) is 0.812. The fourth-order valence-corrected chi connectivity index (χ4v) is 3.43. The SMILES string of the molecule is CC1(C)CCC(NC(=O)c2cn(C3CCNCC3)nn2)CC1.Cl. The van der Waals surface area contributed by atoms with Crippen LogP contribution >= 0.6 is 12.4 Å². The van der Waals surface area contributed by atoms with Crippen molar-refractivity contribution in [2.24, 2.45) is 5.41 Å². The van der Waals surface area contributed by atoms with Gasteiger partial charge in [-0.3, -0.25) is 4.79 Å². The van der Waals surface area contributed by atoms with Gasteiger partial charge < -0.3 is 10.6 Å². The molecule has 2 heterocycles. The molecular formula is C16H28ClN5O. The summed E-state index contributed by atoms with van der Waals surface area (Å²) in [5, 5.41) is 14.7. The van der Waals surface area contributed by atoms with Gasteiger partial charge in [0.2, 0.25) is 0 Å². The first kappa shape index (κ1) is 18.2. The van der Waals surface area contributed by atoms with Gasteiger partial charge in [-0.25, -0.2) is 4.68 Å². The quantitative estimate of drug-likeness (QED) is 0.885. The predicted octanol–water partition coefficient (Wildman–Crippen LogP) is 2.32. The van der Waals surface area contributed by atoms with Gasteiger partial charge in [0.25, 0.3) is 5.91 Å². The zero-order valence-electron chi connectivity index (χ0n) is 14.0. The number of aromatic nitrogens is 3. The zero-order valence-corrected chi connectivity index (χ0v) is 14.9. The molecule has 0 aromatic carbocycles. The van der Waals surface area contributed by atoms with Gasteiger partial charge in [0.05, 0.1) is 12.2 Å². The van der Waals surface area contributed by atoms with Gasteiger partial charge in [-0.2, -0.15) is 0 Å². The molecule has 1 aliphatic carbocycles. The van der Waals surface area contributed by atoms with Crippen LogP contribution in [0, 0.1) is 5.41 Å². The first-order valence-electron chi connectivity index (χ1n) is 8.47. The molecule has 23 heavy (non-hydrogen) atoms. The standard InChI is InChI=1S/C16H27N5O.ClH/c1-16(2)7-3-12(4-8-16)18-15(22)14-11-21(20-19-14)13-5-9-17-10-6-13;/h11-13,17H,3-10H2,1-2H3,(H,18,22);1H. The van der Waals surface area contributed by atoms with Gasteiger partial charge in [-0.05, 0) is 57.0 Å². The minimum atomic E-state index is -0.0788. The van der Waals surface area contributed by atoms with Crippen molar-refractivity contribution in [1.82, 2.24) is 25.6 Å². The fourth-order valence-electron chi connectivity index (χ4n) is 3.43. The van der Waals surface area contributed by atoms with E-state index in [0.717, 1.165) is 38.8 Å². The number of rotatable bonds is 3. The molecule has 7 heteroatoms. The smallest absolute Gasteiger partial charge is 0.273 e. The molecule has 1 aromatic rings. The molecule has 0 radical (unpaired) electrons. The molecule has 0 bridgehead atoms. The molecule has 1 aromatic heterocycles. The molecule has 6 nitrogen and oxygen atoms in total.